The largest absolute Gasteiger partial charge is 0.469 e. The van der Waals surface area contributed by atoms with E-state index in [1.165, 1.54) is 20.4 Å². The van der Waals surface area contributed by atoms with Crippen LogP contribution >= 0.6 is 11.6 Å². The summed E-state index contributed by atoms with van der Waals surface area (Å²) in [6.45, 7) is 1.34. The van der Waals surface area contributed by atoms with Gasteiger partial charge >= 0.3 is 5.97 Å². The number of carbonyl (C=O) groups is 2. The van der Waals surface area contributed by atoms with E-state index in [2.05, 4.69) is 16.3 Å². The predicted molar refractivity (Wildman–Crippen MR) is 39.1 cm³/mol. The quantitative estimate of drug-likeness (QED) is 0.349. The summed E-state index contributed by atoms with van der Waals surface area (Å²) >= 11 is 4.64. The van der Waals surface area contributed by atoms with Crippen LogP contribution in [0.2, 0.25) is 0 Å². The fourth-order valence-electron chi connectivity index (χ4n) is 0.275. The molecule has 0 amide bonds. The van der Waals surface area contributed by atoms with Crippen LogP contribution in [0.5, 0.6) is 0 Å². The van der Waals surface area contributed by atoms with E-state index >= 15 is 0 Å². The number of Topliss-reactive ketones (excluding diaryl/α,β-unsaturated/α-hetero) is 1. The first kappa shape index (κ1) is 12.1. The number of rotatable bonds is 2. The van der Waals surface area contributed by atoms with E-state index in [4.69, 9.17) is 0 Å². The number of hydrogen-bond acceptors (Lipinski definition) is 3. The van der Waals surface area contributed by atoms with Crippen LogP contribution < -0.4 is 0 Å². The molecule has 0 saturated carbocycles. The van der Waals surface area contributed by atoms with Gasteiger partial charge in [-0.25, -0.2) is 0 Å². The Balaban J connectivity index is 0. The summed E-state index contributed by atoms with van der Waals surface area (Å²) in [6.07, 6.45) is 1.36. The Morgan fingerprint density at radius 3 is 1.90 bits per heavy atom. The van der Waals surface area contributed by atoms with Crippen molar-refractivity contribution in [2.24, 2.45) is 0 Å². The van der Waals surface area contributed by atoms with Crippen molar-refractivity contribution in [3.05, 3.63) is 0 Å². The maximum atomic E-state index is 10.2. The normalized spacial score (nSPS) is 7.20. The Morgan fingerprint density at radius 2 is 1.80 bits per heavy atom. The van der Waals surface area contributed by atoms with Gasteiger partial charge in [-0.15, -0.1) is 11.6 Å². The highest BCUT2D eigenvalue weighted by atomic mass is 35.5. The summed E-state index contributed by atoms with van der Waals surface area (Å²) in [5, 5.41) is 0. The molecule has 0 aromatic heterocycles. The van der Waals surface area contributed by atoms with Crippen molar-refractivity contribution in [1.29, 1.82) is 0 Å². The smallest absolute Gasteiger partial charge is 0.313 e. The molecule has 0 unspecified atom stereocenters. The van der Waals surface area contributed by atoms with Gasteiger partial charge in [-0.05, 0) is 6.92 Å². The van der Waals surface area contributed by atoms with E-state index in [1.807, 2.05) is 0 Å². The molecule has 4 heteroatoms. The molecule has 0 aromatic rings. The maximum Gasteiger partial charge on any atom is 0.313 e. The van der Waals surface area contributed by atoms with Crippen LogP contribution in [0.4, 0.5) is 0 Å². The van der Waals surface area contributed by atoms with Gasteiger partial charge in [-0.3, -0.25) is 9.59 Å². The van der Waals surface area contributed by atoms with E-state index in [9.17, 15) is 9.59 Å². The van der Waals surface area contributed by atoms with Crippen molar-refractivity contribution in [3.8, 4) is 0 Å². The third kappa shape index (κ3) is 10.4. The average molecular weight is 167 g/mol. The van der Waals surface area contributed by atoms with Gasteiger partial charge in [0.15, 0.2) is 0 Å². The number of ether oxygens (including phenoxy) is 1. The Bertz CT molecular complexity index is 112. The molecule has 10 heavy (non-hydrogen) atoms. The van der Waals surface area contributed by atoms with Crippen molar-refractivity contribution in [1.82, 2.24) is 0 Å². The summed E-state index contributed by atoms with van der Waals surface area (Å²) in [5.74, 6) is -0.644. The molecule has 0 bridgehead atoms. The van der Waals surface area contributed by atoms with Gasteiger partial charge in [0, 0.05) is 6.38 Å². The van der Waals surface area contributed by atoms with Crippen molar-refractivity contribution in [2.45, 2.75) is 13.3 Å². The van der Waals surface area contributed by atoms with E-state index in [0.29, 0.717) is 0 Å². The Hall–Kier alpha value is -0.570. The lowest BCUT2D eigenvalue weighted by Crippen LogP contribution is -2.05. The fraction of sp³-hybridized carbons (Fsp3) is 0.667. The molecule has 0 saturated heterocycles. The van der Waals surface area contributed by atoms with Crippen LogP contribution in [-0.2, 0) is 14.3 Å². The molecule has 0 aromatic carbocycles. The zero-order chi connectivity index (χ0) is 8.57. The summed E-state index contributed by atoms with van der Waals surface area (Å²) < 4.78 is 4.20. The second kappa shape index (κ2) is 8.43. The lowest BCUT2D eigenvalue weighted by molar-refractivity contribution is -0.142. The number of methoxy groups -OCH3 is 1. The highest BCUT2D eigenvalue weighted by Gasteiger charge is 2.01. The highest BCUT2D eigenvalue weighted by Crippen LogP contribution is 1.83. The molecule has 3 nitrogen and oxygen atoms in total. The molecule has 0 aliphatic heterocycles. The van der Waals surface area contributed by atoms with Crippen molar-refractivity contribution < 1.29 is 14.3 Å². The van der Waals surface area contributed by atoms with Gasteiger partial charge in [0.2, 0.25) is 0 Å². The summed E-state index contributed by atoms with van der Waals surface area (Å²) in [7, 11) is 1.26. The minimum atomic E-state index is -0.475. The Kier molecular flexibility index (Phi) is 10.2. The van der Waals surface area contributed by atoms with Crippen molar-refractivity contribution in [3.63, 3.8) is 0 Å². The van der Waals surface area contributed by atoms with Gasteiger partial charge in [-0.1, -0.05) is 0 Å². The molecule has 0 radical (unpaired) electrons. The Labute approximate surface area is 65.3 Å². The van der Waals surface area contributed by atoms with Gasteiger partial charge in [-0.2, -0.15) is 0 Å². The molecule has 0 spiro atoms. The van der Waals surface area contributed by atoms with Crippen LogP contribution in [0.15, 0.2) is 0 Å². The molecule has 0 atom stereocenters. The summed E-state index contributed by atoms with van der Waals surface area (Å²) in [6, 6.07) is 0. The average Bonchev–Trinajstić information content (AvgIpc) is 1.91. The van der Waals surface area contributed by atoms with Gasteiger partial charge in [0.1, 0.15) is 12.2 Å². The third-order valence-electron chi connectivity index (χ3n) is 0.621. The first-order valence-electron chi connectivity index (χ1n) is 2.61. The van der Waals surface area contributed by atoms with Crippen LogP contribution in [0.25, 0.3) is 0 Å². The summed E-state index contributed by atoms with van der Waals surface area (Å²) in [4.78, 5) is 20.3. The van der Waals surface area contributed by atoms with E-state index in [-0.39, 0.29) is 12.2 Å². The standard InChI is InChI=1S/C5H8O3.CH3Cl/c1-4(6)3-5(7)8-2;1-2/h3H2,1-2H3;1H3. The minimum Gasteiger partial charge on any atom is -0.469 e. The van der Waals surface area contributed by atoms with Crippen molar-refractivity contribution in [2.75, 3.05) is 13.5 Å². The second-order valence-corrected chi connectivity index (χ2v) is 1.45. The van der Waals surface area contributed by atoms with E-state index in [0.717, 1.165) is 0 Å². The zero-order valence-electron chi connectivity index (χ0n) is 6.31. The first-order valence-corrected chi connectivity index (χ1v) is 3.36. The number of esters is 1. The number of hydrogen-bond donors (Lipinski definition) is 0. The molecule has 0 fully saturated rings. The topological polar surface area (TPSA) is 43.4 Å². The number of carbonyl (C=O) groups excluding carboxylic acids is 2. The van der Waals surface area contributed by atoms with E-state index < -0.39 is 5.97 Å². The number of halogens is 1. The van der Waals surface area contributed by atoms with Crippen molar-refractivity contribution >= 4 is 23.4 Å². The lowest BCUT2D eigenvalue weighted by Gasteiger charge is -1.90. The fourth-order valence-corrected chi connectivity index (χ4v) is 0.275. The Morgan fingerprint density at radius 1 is 1.40 bits per heavy atom. The minimum absolute atomic E-state index is 0.115. The highest BCUT2D eigenvalue weighted by molar-refractivity contribution is 6.15. The monoisotopic (exact) mass is 166 g/mol. The van der Waals surface area contributed by atoms with Crippen LogP contribution in [0.3, 0.4) is 0 Å². The van der Waals surface area contributed by atoms with Gasteiger partial charge in [0.05, 0.1) is 7.11 Å². The SMILES string of the molecule is CCl.COC(=O)CC(C)=O. The molecule has 0 rings (SSSR count). The second-order valence-electron chi connectivity index (χ2n) is 1.45. The third-order valence-corrected chi connectivity index (χ3v) is 0.621. The molecule has 60 valence electrons. The van der Waals surface area contributed by atoms with Crippen LogP contribution in [0, 0.1) is 0 Å². The van der Waals surface area contributed by atoms with Gasteiger partial charge in [0.25, 0.3) is 0 Å². The number of alkyl halides is 1. The molecule has 0 heterocycles. The van der Waals surface area contributed by atoms with Gasteiger partial charge < -0.3 is 4.74 Å². The summed E-state index contributed by atoms with van der Waals surface area (Å²) in [5.41, 5.74) is 0. The van der Waals surface area contributed by atoms with Crippen LogP contribution in [-0.4, -0.2) is 25.2 Å². The van der Waals surface area contributed by atoms with Crippen LogP contribution in [0.1, 0.15) is 13.3 Å². The number of ketones is 1. The maximum absolute atomic E-state index is 10.2. The van der Waals surface area contributed by atoms with E-state index in [1.54, 1.807) is 0 Å². The molecule has 0 N–H and O–H groups in total. The molecular weight excluding hydrogens is 156 g/mol. The zero-order valence-corrected chi connectivity index (χ0v) is 7.07. The predicted octanol–water partition coefficient (Wildman–Crippen LogP) is 0.993. The lowest BCUT2D eigenvalue weighted by atomic mass is 10.3. The molecular formula is C6H11ClO3. The first-order chi connectivity index (χ1) is 4.66. The molecule has 0 aliphatic rings. The molecule has 0 aliphatic carbocycles.